The summed E-state index contributed by atoms with van der Waals surface area (Å²) in [6.45, 7) is 2.16. The van der Waals surface area contributed by atoms with Crippen LogP contribution in [0.4, 0.5) is 17.3 Å². The molecule has 0 atom stereocenters. The van der Waals surface area contributed by atoms with E-state index < -0.39 is 0 Å². The third-order valence-corrected chi connectivity index (χ3v) is 5.94. The highest BCUT2D eigenvalue weighted by molar-refractivity contribution is 6.31. The molecular formula is C23H22ClN5O. The van der Waals surface area contributed by atoms with Crippen molar-refractivity contribution < 1.29 is 4.79 Å². The molecule has 0 radical (unpaired) electrons. The van der Waals surface area contributed by atoms with E-state index in [1.54, 1.807) is 18.3 Å². The Bertz CT molecular complexity index is 1090. The number of hydrogen-bond acceptors (Lipinski definition) is 5. The van der Waals surface area contributed by atoms with Crippen LogP contribution in [0.15, 0.2) is 48.7 Å². The molecule has 0 aliphatic carbocycles. The summed E-state index contributed by atoms with van der Waals surface area (Å²) in [7, 11) is 0. The number of anilines is 3. The first-order chi connectivity index (χ1) is 14.7. The van der Waals surface area contributed by atoms with Crippen LogP contribution in [-0.2, 0) is 11.2 Å². The molecule has 30 heavy (non-hydrogen) atoms. The van der Waals surface area contributed by atoms with Gasteiger partial charge in [-0.1, -0.05) is 23.7 Å². The molecule has 0 saturated carbocycles. The van der Waals surface area contributed by atoms with Crippen LogP contribution in [0.2, 0.25) is 5.02 Å². The van der Waals surface area contributed by atoms with Crippen molar-refractivity contribution in [3.63, 3.8) is 0 Å². The topological polar surface area (TPSA) is 78.9 Å². The van der Waals surface area contributed by atoms with Gasteiger partial charge in [-0.15, -0.1) is 0 Å². The maximum absolute atomic E-state index is 12.2. The molecule has 0 spiro atoms. The molecule has 2 aliphatic heterocycles. The van der Waals surface area contributed by atoms with Gasteiger partial charge in [0.25, 0.3) is 0 Å². The zero-order valence-electron chi connectivity index (χ0n) is 16.4. The second-order valence-electron chi connectivity index (χ2n) is 7.75. The van der Waals surface area contributed by atoms with E-state index in [1.807, 2.05) is 6.07 Å². The first-order valence-electron chi connectivity index (χ1n) is 10.2. The van der Waals surface area contributed by atoms with Crippen LogP contribution in [0.5, 0.6) is 0 Å². The lowest BCUT2D eigenvalue weighted by atomic mass is 9.90. The molecule has 152 valence electrons. The average molecular weight is 420 g/mol. The van der Waals surface area contributed by atoms with Gasteiger partial charge in [-0.25, -0.2) is 9.97 Å². The van der Waals surface area contributed by atoms with Gasteiger partial charge in [0.2, 0.25) is 11.9 Å². The Morgan fingerprint density at radius 1 is 1.07 bits per heavy atom. The highest BCUT2D eigenvalue weighted by atomic mass is 35.5. The lowest BCUT2D eigenvalue weighted by Gasteiger charge is -2.23. The lowest BCUT2D eigenvalue weighted by molar-refractivity contribution is -0.115. The SMILES string of the molecule is O=C1Cc2cnc(Nc3ccc(C4CCNCC4)cc3)nc2-c2ccc(Cl)cc2N1. The molecule has 1 saturated heterocycles. The molecule has 2 aromatic carbocycles. The van der Waals surface area contributed by atoms with E-state index in [-0.39, 0.29) is 12.3 Å². The van der Waals surface area contributed by atoms with Crippen LogP contribution in [0.3, 0.4) is 0 Å². The minimum Gasteiger partial charge on any atom is -0.325 e. The molecule has 0 bridgehead atoms. The second-order valence-corrected chi connectivity index (χ2v) is 8.19. The fourth-order valence-corrected chi connectivity index (χ4v) is 4.32. The van der Waals surface area contributed by atoms with E-state index in [0.717, 1.165) is 35.6 Å². The van der Waals surface area contributed by atoms with E-state index in [4.69, 9.17) is 16.6 Å². The number of benzene rings is 2. The summed E-state index contributed by atoms with van der Waals surface area (Å²) >= 11 is 6.11. The standard InChI is InChI=1S/C23H22ClN5O/c24-17-3-6-19-20(12-17)28-21(30)11-16-13-26-23(29-22(16)19)27-18-4-1-14(2-5-18)15-7-9-25-10-8-15/h1-6,12-13,15,25H,7-11H2,(H,28,30)(H,26,27,29). The number of halogens is 1. The van der Waals surface area contributed by atoms with E-state index in [1.165, 1.54) is 18.4 Å². The van der Waals surface area contributed by atoms with Crippen molar-refractivity contribution in [1.29, 1.82) is 0 Å². The third kappa shape index (κ3) is 3.88. The molecule has 3 heterocycles. The number of carbonyl (C=O) groups is 1. The lowest BCUT2D eigenvalue weighted by Crippen LogP contribution is -2.26. The molecule has 1 amide bonds. The summed E-state index contributed by atoms with van der Waals surface area (Å²) in [5, 5.41) is 10.2. The number of fused-ring (bicyclic) bond motifs is 3. The normalized spacial score (nSPS) is 16.2. The quantitative estimate of drug-likeness (QED) is 0.582. The summed E-state index contributed by atoms with van der Waals surface area (Å²) in [6.07, 6.45) is 4.30. The van der Waals surface area contributed by atoms with Gasteiger partial charge in [-0.05, 0) is 67.7 Å². The number of amides is 1. The van der Waals surface area contributed by atoms with E-state index in [9.17, 15) is 4.79 Å². The zero-order valence-corrected chi connectivity index (χ0v) is 17.2. The third-order valence-electron chi connectivity index (χ3n) is 5.70. The molecule has 7 heteroatoms. The summed E-state index contributed by atoms with van der Waals surface area (Å²) < 4.78 is 0. The minimum absolute atomic E-state index is 0.102. The first-order valence-corrected chi connectivity index (χ1v) is 10.6. The number of hydrogen-bond donors (Lipinski definition) is 3. The molecular weight excluding hydrogens is 398 g/mol. The van der Waals surface area contributed by atoms with Crippen LogP contribution in [0, 0.1) is 0 Å². The van der Waals surface area contributed by atoms with Gasteiger partial charge in [-0.2, -0.15) is 0 Å². The van der Waals surface area contributed by atoms with Gasteiger partial charge >= 0.3 is 0 Å². The first kappa shape index (κ1) is 19.0. The Morgan fingerprint density at radius 3 is 2.67 bits per heavy atom. The summed E-state index contributed by atoms with van der Waals surface area (Å²) in [6, 6.07) is 13.9. The van der Waals surface area contributed by atoms with Crippen LogP contribution >= 0.6 is 11.6 Å². The van der Waals surface area contributed by atoms with Crippen molar-refractivity contribution in [3.8, 4) is 11.3 Å². The van der Waals surface area contributed by atoms with Crippen molar-refractivity contribution in [3.05, 3.63) is 64.8 Å². The maximum atomic E-state index is 12.2. The minimum atomic E-state index is -0.102. The summed E-state index contributed by atoms with van der Waals surface area (Å²) in [5.41, 5.74) is 5.35. The smallest absolute Gasteiger partial charge is 0.228 e. The van der Waals surface area contributed by atoms with E-state index in [2.05, 4.69) is 45.2 Å². The predicted molar refractivity (Wildman–Crippen MR) is 119 cm³/mol. The van der Waals surface area contributed by atoms with Crippen LogP contribution < -0.4 is 16.0 Å². The van der Waals surface area contributed by atoms with Crippen molar-refractivity contribution >= 4 is 34.8 Å². The van der Waals surface area contributed by atoms with Crippen LogP contribution in [0.25, 0.3) is 11.3 Å². The van der Waals surface area contributed by atoms with Crippen LogP contribution in [-0.4, -0.2) is 29.0 Å². The van der Waals surface area contributed by atoms with Gasteiger partial charge in [0.1, 0.15) is 0 Å². The van der Waals surface area contributed by atoms with Gasteiger partial charge in [0, 0.05) is 28.0 Å². The Kier molecular flexibility index (Phi) is 5.11. The maximum Gasteiger partial charge on any atom is 0.228 e. The highest BCUT2D eigenvalue weighted by Crippen LogP contribution is 2.35. The fraction of sp³-hybridized carbons (Fsp3) is 0.261. The number of carbonyl (C=O) groups excluding carboxylic acids is 1. The van der Waals surface area contributed by atoms with E-state index in [0.29, 0.717) is 22.6 Å². The Morgan fingerprint density at radius 2 is 1.87 bits per heavy atom. The Labute approximate surface area is 180 Å². The van der Waals surface area contributed by atoms with Crippen molar-refractivity contribution in [2.24, 2.45) is 0 Å². The van der Waals surface area contributed by atoms with Crippen molar-refractivity contribution in [1.82, 2.24) is 15.3 Å². The van der Waals surface area contributed by atoms with Crippen molar-refractivity contribution in [2.75, 3.05) is 23.7 Å². The monoisotopic (exact) mass is 419 g/mol. The van der Waals surface area contributed by atoms with Gasteiger partial charge in [0.05, 0.1) is 17.8 Å². The molecule has 1 fully saturated rings. The Balaban J connectivity index is 1.42. The molecule has 0 unspecified atom stereocenters. The Hall–Kier alpha value is -2.96. The fourth-order valence-electron chi connectivity index (χ4n) is 4.15. The number of rotatable bonds is 3. The van der Waals surface area contributed by atoms with Crippen LogP contribution in [0.1, 0.15) is 29.9 Å². The predicted octanol–water partition coefficient (Wildman–Crippen LogP) is 4.50. The molecule has 5 rings (SSSR count). The molecule has 3 N–H and O–H groups in total. The largest absolute Gasteiger partial charge is 0.325 e. The molecule has 3 aromatic rings. The highest BCUT2D eigenvalue weighted by Gasteiger charge is 2.21. The molecule has 1 aromatic heterocycles. The number of aromatic nitrogens is 2. The van der Waals surface area contributed by atoms with E-state index >= 15 is 0 Å². The van der Waals surface area contributed by atoms with Gasteiger partial charge < -0.3 is 16.0 Å². The van der Waals surface area contributed by atoms with Gasteiger partial charge in [0.15, 0.2) is 0 Å². The number of nitrogens with one attached hydrogen (secondary N) is 3. The number of nitrogens with zero attached hydrogens (tertiary/aromatic N) is 2. The average Bonchev–Trinajstić information content (AvgIpc) is 2.89. The summed E-state index contributed by atoms with van der Waals surface area (Å²) in [5.74, 6) is 1.02. The zero-order chi connectivity index (χ0) is 20.5. The number of piperidine rings is 1. The molecule has 6 nitrogen and oxygen atoms in total. The summed E-state index contributed by atoms with van der Waals surface area (Å²) in [4.78, 5) is 21.4. The van der Waals surface area contributed by atoms with Crippen molar-refractivity contribution in [2.45, 2.75) is 25.2 Å². The molecule has 2 aliphatic rings. The van der Waals surface area contributed by atoms with Gasteiger partial charge in [-0.3, -0.25) is 4.79 Å². The second kappa shape index (κ2) is 8.05.